The second-order valence-corrected chi connectivity index (χ2v) is 5.49. The number of nitrogens with one attached hydrogen (secondary N) is 1. The fraction of sp³-hybridized carbons (Fsp3) is 0.176. The van der Waals surface area contributed by atoms with Gasteiger partial charge in [0, 0.05) is 24.2 Å². The topological polar surface area (TPSA) is 49.4 Å². The van der Waals surface area contributed by atoms with Crippen molar-refractivity contribution in [3.63, 3.8) is 0 Å². The lowest BCUT2D eigenvalue weighted by Gasteiger charge is -2.17. The number of benzene rings is 2. The molecule has 2 aromatic rings. The van der Waals surface area contributed by atoms with Crippen LogP contribution < -0.4 is 10.2 Å². The Bertz CT molecular complexity index is 810. The molecule has 1 atom stereocenters. The third-order valence-electron chi connectivity index (χ3n) is 3.76. The summed E-state index contributed by atoms with van der Waals surface area (Å²) in [6, 6.07) is 7.92. The van der Waals surface area contributed by atoms with E-state index in [2.05, 4.69) is 5.32 Å². The van der Waals surface area contributed by atoms with Crippen LogP contribution in [0.15, 0.2) is 42.5 Å². The van der Waals surface area contributed by atoms with E-state index in [0.717, 1.165) is 18.2 Å². The molecule has 3 rings (SSSR count). The highest BCUT2D eigenvalue weighted by Gasteiger charge is 2.32. The van der Waals surface area contributed by atoms with Crippen LogP contribution in [0.2, 0.25) is 0 Å². The van der Waals surface area contributed by atoms with E-state index in [0.29, 0.717) is 5.69 Å². The molecule has 124 valence electrons. The first-order valence-electron chi connectivity index (χ1n) is 7.26. The number of carbonyl (C=O) groups is 2. The number of nitrogens with zero attached hydrogens (tertiary/aromatic N) is 1. The zero-order valence-electron chi connectivity index (χ0n) is 12.4. The van der Waals surface area contributed by atoms with E-state index in [4.69, 9.17) is 0 Å². The molecular formula is C17H13F3N2O2. The maximum absolute atomic E-state index is 13.3. The summed E-state index contributed by atoms with van der Waals surface area (Å²) in [4.78, 5) is 25.5. The Hall–Kier alpha value is -2.83. The zero-order chi connectivity index (χ0) is 17.3. The summed E-state index contributed by atoms with van der Waals surface area (Å²) >= 11 is 0. The third kappa shape index (κ3) is 3.24. The highest BCUT2D eigenvalue weighted by Crippen LogP contribution is 2.22. The minimum Gasteiger partial charge on any atom is -0.347 e. The summed E-state index contributed by atoms with van der Waals surface area (Å²) < 4.78 is 39.4. The Morgan fingerprint density at radius 2 is 1.88 bits per heavy atom. The van der Waals surface area contributed by atoms with Crippen LogP contribution in [0.25, 0.3) is 0 Å². The van der Waals surface area contributed by atoms with Crippen molar-refractivity contribution < 1.29 is 22.8 Å². The lowest BCUT2D eigenvalue weighted by atomic mass is 10.1. The van der Waals surface area contributed by atoms with E-state index in [1.54, 1.807) is 6.07 Å². The van der Waals surface area contributed by atoms with Gasteiger partial charge < -0.3 is 10.2 Å². The van der Waals surface area contributed by atoms with Gasteiger partial charge in [0.15, 0.2) is 11.6 Å². The first kappa shape index (κ1) is 16.0. The first-order valence-corrected chi connectivity index (χ1v) is 7.26. The SMILES string of the molecule is O=C(N[C@@H]1CC(=O)N(c2cccc(F)c2)C1)c1ccc(F)c(F)c1. The van der Waals surface area contributed by atoms with Gasteiger partial charge in [0.2, 0.25) is 5.91 Å². The lowest BCUT2D eigenvalue weighted by Crippen LogP contribution is -2.37. The number of rotatable bonds is 3. The van der Waals surface area contributed by atoms with E-state index >= 15 is 0 Å². The third-order valence-corrected chi connectivity index (χ3v) is 3.76. The molecular weight excluding hydrogens is 321 g/mol. The number of hydrogen-bond acceptors (Lipinski definition) is 2. The molecule has 1 fully saturated rings. The molecule has 1 aliphatic rings. The molecule has 4 nitrogen and oxygen atoms in total. The molecule has 0 spiro atoms. The predicted octanol–water partition coefficient (Wildman–Crippen LogP) is 2.64. The Morgan fingerprint density at radius 1 is 1.08 bits per heavy atom. The Kier molecular flexibility index (Phi) is 4.24. The summed E-state index contributed by atoms with van der Waals surface area (Å²) in [6.45, 7) is 0.178. The minimum absolute atomic E-state index is 0.0365. The van der Waals surface area contributed by atoms with Gasteiger partial charge in [0.05, 0.1) is 6.04 Å². The molecule has 2 aromatic carbocycles. The largest absolute Gasteiger partial charge is 0.347 e. The number of amides is 2. The van der Waals surface area contributed by atoms with Crippen molar-refractivity contribution in [3.05, 3.63) is 65.5 Å². The van der Waals surface area contributed by atoms with Crippen molar-refractivity contribution in [1.82, 2.24) is 5.32 Å². The Labute approximate surface area is 135 Å². The molecule has 7 heteroatoms. The van der Waals surface area contributed by atoms with Gasteiger partial charge in [-0.2, -0.15) is 0 Å². The van der Waals surface area contributed by atoms with Gasteiger partial charge in [-0.15, -0.1) is 0 Å². The zero-order valence-corrected chi connectivity index (χ0v) is 12.4. The molecule has 1 N–H and O–H groups in total. The maximum atomic E-state index is 13.3. The van der Waals surface area contributed by atoms with Crippen LogP contribution in [0.3, 0.4) is 0 Å². The number of halogens is 3. The predicted molar refractivity (Wildman–Crippen MR) is 81.0 cm³/mol. The van der Waals surface area contributed by atoms with Gasteiger partial charge in [0.1, 0.15) is 5.82 Å². The van der Waals surface area contributed by atoms with Crippen LogP contribution in [0.4, 0.5) is 18.9 Å². The number of hydrogen-bond donors (Lipinski definition) is 1. The van der Waals surface area contributed by atoms with E-state index in [9.17, 15) is 22.8 Å². The summed E-state index contributed by atoms with van der Waals surface area (Å²) in [6.07, 6.45) is 0.0475. The van der Waals surface area contributed by atoms with Gasteiger partial charge in [-0.1, -0.05) is 6.07 Å². The van der Waals surface area contributed by atoms with Crippen LogP contribution in [0.5, 0.6) is 0 Å². The van der Waals surface area contributed by atoms with Crippen LogP contribution in [-0.4, -0.2) is 24.4 Å². The molecule has 1 heterocycles. The van der Waals surface area contributed by atoms with Crippen LogP contribution >= 0.6 is 0 Å². The van der Waals surface area contributed by atoms with E-state index in [-0.39, 0.29) is 24.4 Å². The van der Waals surface area contributed by atoms with E-state index in [1.807, 2.05) is 0 Å². The van der Waals surface area contributed by atoms with Gasteiger partial charge in [-0.05, 0) is 36.4 Å². The second-order valence-electron chi connectivity index (χ2n) is 5.49. The number of anilines is 1. The smallest absolute Gasteiger partial charge is 0.251 e. The molecule has 0 aromatic heterocycles. The Morgan fingerprint density at radius 3 is 2.58 bits per heavy atom. The standard InChI is InChI=1S/C17H13F3N2O2/c18-11-2-1-3-13(7-11)22-9-12(8-16(22)23)21-17(24)10-4-5-14(19)15(20)6-10/h1-7,12H,8-9H2,(H,21,24)/t12-/m1/s1. The minimum atomic E-state index is -1.12. The summed E-state index contributed by atoms with van der Waals surface area (Å²) in [5.41, 5.74) is 0.370. The van der Waals surface area contributed by atoms with Crippen molar-refractivity contribution >= 4 is 17.5 Å². The monoisotopic (exact) mass is 334 g/mol. The van der Waals surface area contributed by atoms with Crippen LogP contribution in [0, 0.1) is 17.5 Å². The second kappa shape index (κ2) is 6.35. The summed E-state index contributed by atoms with van der Waals surface area (Å²) in [5.74, 6) is -3.48. The summed E-state index contributed by atoms with van der Waals surface area (Å²) in [5, 5.41) is 2.60. The molecule has 0 saturated carbocycles. The molecule has 0 bridgehead atoms. The molecule has 24 heavy (non-hydrogen) atoms. The van der Waals surface area contributed by atoms with Gasteiger partial charge >= 0.3 is 0 Å². The fourth-order valence-electron chi connectivity index (χ4n) is 2.60. The lowest BCUT2D eigenvalue weighted by molar-refractivity contribution is -0.117. The van der Waals surface area contributed by atoms with Crippen molar-refractivity contribution in [2.45, 2.75) is 12.5 Å². The van der Waals surface area contributed by atoms with E-state index < -0.39 is 29.4 Å². The van der Waals surface area contributed by atoms with Crippen molar-refractivity contribution in [2.75, 3.05) is 11.4 Å². The van der Waals surface area contributed by atoms with Crippen LogP contribution in [0.1, 0.15) is 16.8 Å². The quantitative estimate of drug-likeness (QED) is 0.938. The van der Waals surface area contributed by atoms with Crippen molar-refractivity contribution in [3.8, 4) is 0 Å². The molecule has 1 saturated heterocycles. The average molecular weight is 334 g/mol. The van der Waals surface area contributed by atoms with Crippen molar-refractivity contribution in [1.29, 1.82) is 0 Å². The highest BCUT2D eigenvalue weighted by atomic mass is 19.2. The molecule has 0 aliphatic carbocycles. The molecule has 2 amide bonds. The molecule has 0 unspecified atom stereocenters. The maximum Gasteiger partial charge on any atom is 0.251 e. The fourth-order valence-corrected chi connectivity index (χ4v) is 2.60. The highest BCUT2D eigenvalue weighted by molar-refractivity contribution is 5.98. The summed E-state index contributed by atoms with van der Waals surface area (Å²) in [7, 11) is 0. The molecule has 1 aliphatic heterocycles. The Balaban J connectivity index is 1.69. The first-order chi connectivity index (χ1) is 11.4. The van der Waals surface area contributed by atoms with Gasteiger partial charge in [-0.3, -0.25) is 9.59 Å². The van der Waals surface area contributed by atoms with Crippen molar-refractivity contribution in [2.24, 2.45) is 0 Å². The van der Waals surface area contributed by atoms with Gasteiger partial charge in [0.25, 0.3) is 5.91 Å². The average Bonchev–Trinajstić information content (AvgIpc) is 2.90. The number of carbonyl (C=O) groups excluding carboxylic acids is 2. The molecule has 0 radical (unpaired) electrons. The normalized spacial score (nSPS) is 17.2. The van der Waals surface area contributed by atoms with Gasteiger partial charge in [-0.25, -0.2) is 13.2 Å². The van der Waals surface area contributed by atoms with Crippen LogP contribution in [-0.2, 0) is 4.79 Å². The van der Waals surface area contributed by atoms with E-state index in [1.165, 1.54) is 23.1 Å².